The van der Waals surface area contributed by atoms with Crippen LogP contribution in [0.15, 0.2) is 18.3 Å². The highest BCUT2D eigenvalue weighted by Gasteiger charge is 2.41. The lowest BCUT2D eigenvalue weighted by Gasteiger charge is -2.44. The molecule has 0 radical (unpaired) electrons. The molecule has 1 aliphatic carbocycles. The predicted molar refractivity (Wildman–Crippen MR) is 74.1 cm³/mol. The molecule has 1 fully saturated rings. The molecule has 1 heterocycles. The number of nitrogens with two attached hydrogens (primary N) is 1. The highest BCUT2D eigenvalue weighted by Crippen LogP contribution is 2.45. The second-order valence-electron chi connectivity index (χ2n) is 6.80. The van der Waals surface area contributed by atoms with E-state index in [2.05, 4.69) is 25.8 Å². The minimum Gasteiger partial charge on any atom is -0.390 e. The van der Waals surface area contributed by atoms with Crippen molar-refractivity contribution in [3.05, 3.63) is 23.9 Å². The maximum Gasteiger partial charge on any atom is 0.126 e. The van der Waals surface area contributed by atoms with Crippen molar-refractivity contribution in [2.75, 3.05) is 5.73 Å². The van der Waals surface area contributed by atoms with E-state index in [1.54, 1.807) is 6.20 Å². The molecule has 0 saturated heterocycles. The molecular weight excluding hydrogens is 224 g/mol. The molecule has 18 heavy (non-hydrogen) atoms. The molecule has 1 aromatic rings. The first-order chi connectivity index (χ1) is 8.30. The molecule has 0 aromatic carbocycles. The zero-order valence-corrected chi connectivity index (χ0v) is 11.6. The molecule has 0 bridgehead atoms. The Morgan fingerprint density at radius 2 is 2.17 bits per heavy atom. The van der Waals surface area contributed by atoms with Gasteiger partial charge in [0.05, 0.1) is 5.60 Å². The highest BCUT2D eigenvalue weighted by molar-refractivity contribution is 5.39. The molecule has 3 N–H and O–H groups in total. The quantitative estimate of drug-likeness (QED) is 0.846. The van der Waals surface area contributed by atoms with Gasteiger partial charge in [-0.15, -0.1) is 0 Å². The predicted octanol–water partition coefficient (Wildman–Crippen LogP) is 2.78. The summed E-state index contributed by atoms with van der Waals surface area (Å²) in [6.07, 6.45) is 5.16. The highest BCUT2D eigenvalue weighted by atomic mass is 16.3. The molecule has 2 unspecified atom stereocenters. The zero-order valence-electron chi connectivity index (χ0n) is 11.6. The van der Waals surface area contributed by atoms with Crippen molar-refractivity contribution in [3.8, 4) is 0 Å². The number of aromatic nitrogens is 1. The Bertz CT molecular complexity index is 430. The van der Waals surface area contributed by atoms with Gasteiger partial charge in [0.15, 0.2) is 0 Å². The number of rotatable bonds is 2. The fourth-order valence-corrected chi connectivity index (χ4v) is 3.79. The molecule has 2 rings (SSSR count). The minimum absolute atomic E-state index is 0.198. The van der Waals surface area contributed by atoms with Crippen LogP contribution < -0.4 is 5.73 Å². The number of nitrogens with zero attached hydrogens (tertiary/aromatic N) is 1. The van der Waals surface area contributed by atoms with Crippen LogP contribution in [-0.4, -0.2) is 15.7 Å². The van der Waals surface area contributed by atoms with Gasteiger partial charge in [-0.2, -0.15) is 0 Å². The summed E-state index contributed by atoms with van der Waals surface area (Å²) in [5.41, 5.74) is 6.40. The lowest BCUT2D eigenvalue weighted by atomic mass is 9.64. The van der Waals surface area contributed by atoms with E-state index in [0.717, 1.165) is 18.4 Å². The molecule has 0 amide bonds. The van der Waals surface area contributed by atoms with Crippen LogP contribution >= 0.6 is 0 Å². The summed E-state index contributed by atoms with van der Waals surface area (Å²) in [5.74, 6) is 1.10. The Morgan fingerprint density at radius 3 is 2.78 bits per heavy atom. The van der Waals surface area contributed by atoms with Gasteiger partial charge in [-0.05, 0) is 42.2 Å². The molecule has 1 aliphatic rings. The second-order valence-corrected chi connectivity index (χ2v) is 6.80. The third-order valence-corrected chi connectivity index (χ3v) is 3.88. The van der Waals surface area contributed by atoms with Gasteiger partial charge in [0.25, 0.3) is 0 Å². The van der Waals surface area contributed by atoms with E-state index in [4.69, 9.17) is 5.73 Å². The lowest BCUT2D eigenvalue weighted by Crippen LogP contribution is -2.43. The van der Waals surface area contributed by atoms with E-state index in [1.807, 2.05) is 12.1 Å². The molecule has 2 atom stereocenters. The lowest BCUT2D eigenvalue weighted by molar-refractivity contribution is -0.0573. The molecular formula is C15H24N2O. The van der Waals surface area contributed by atoms with E-state index in [0.29, 0.717) is 18.2 Å². The Hall–Kier alpha value is -1.09. The van der Waals surface area contributed by atoms with Crippen LogP contribution in [-0.2, 0) is 6.42 Å². The van der Waals surface area contributed by atoms with Crippen LogP contribution in [0.2, 0.25) is 0 Å². The average molecular weight is 248 g/mol. The van der Waals surface area contributed by atoms with Crippen LogP contribution in [0.25, 0.3) is 0 Å². The maximum absolute atomic E-state index is 10.9. The van der Waals surface area contributed by atoms with E-state index in [-0.39, 0.29) is 5.41 Å². The van der Waals surface area contributed by atoms with Gasteiger partial charge in [0.1, 0.15) is 5.82 Å². The molecule has 100 valence electrons. The molecule has 1 saturated carbocycles. The Kier molecular flexibility index (Phi) is 3.37. The van der Waals surface area contributed by atoms with E-state index < -0.39 is 5.60 Å². The SMILES string of the molecule is CC1CC(C)(C)CC(O)(Cc2cccnc2N)C1. The van der Waals surface area contributed by atoms with Crippen molar-refractivity contribution in [1.82, 2.24) is 4.98 Å². The van der Waals surface area contributed by atoms with Crippen molar-refractivity contribution >= 4 is 5.82 Å². The van der Waals surface area contributed by atoms with E-state index in [9.17, 15) is 5.11 Å². The first-order valence-electron chi connectivity index (χ1n) is 6.71. The largest absolute Gasteiger partial charge is 0.390 e. The van der Waals surface area contributed by atoms with E-state index in [1.165, 1.54) is 6.42 Å². The van der Waals surface area contributed by atoms with Gasteiger partial charge >= 0.3 is 0 Å². The zero-order chi connectivity index (χ0) is 13.4. The Balaban J connectivity index is 2.19. The number of hydrogen-bond donors (Lipinski definition) is 2. The van der Waals surface area contributed by atoms with Crippen molar-refractivity contribution in [2.45, 2.75) is 52.1 Å². The van der Waals surface area contributed by atoms with Crippen LogP contribution in [0.3, 0.4) is 0 Å². The molecule has 0 aliphatic heterocycles. The summed E-state index contributed by atoms with van der Waals surface area (Å²) < 4.78 is 0. The maximum atomic E-state index is 10.9. The van der Waals surface area contributed by atoms with Gasteiger partial charge in [-0.3, -0.25) is 0 Å². The summed E-state index contributed by atoms with van der Waals surface area (Å²) in [6, 6.07) is 3.85. The van der Waals surface area contributed by atoms with Gasteiger partial charge in [-0.1, -0.05) is 26.8 Å². The first kappa shape index (κ1) is 13.3. The summed E-state index contributed by atoms with van der Waals surface area (Å²) in [5, 5.41) is 10.9. The third-order valence-electron chi connectivity index (χ3n) is 3.88. The molecule has 3 nitrogen and oxygen atoms in total. The fraction of sp³-hybridized carbons (Fsp3) is 0.667. The first-order valence-corrected chi connectivity index (χ1v) is 6.71. The smallest absolute Gasteiger partial charge is 0.126 e. The number of aliphatic hydroxyl groups is 1. The number of pyridine rings is 1. The number of anilines is 1. The van der Waals surface area contributed by atoms with Crippen LogP contribution in [0.5, 0.6) is 0 Å². The summed E-state index contributed by atoms with van der Waals surface area (Å²) >= 11 is 0. The van der Waals surface area contributed by atoms with Gasteiger partial charge in [0.2, 0.25) is 0 Å². The summed E-state index contributed by atoms with van der Waals surface area (Å²) in [4.78, 5) is 4.10. The van der Waals surface area contributed by atoms with Crippen LogP contribution in [0.1, 0.15) is 45.6 Å². The third kappa shape index (κ3) is 3.02. The van der Waals surface area contributed by atoms with Crippen molar-refractivity contribution in [2.24, 2.45) is 11.3 Å². The van der Waals surface area contributed by atoms with Gasteiger partial charge in [-0.25, -0.2) is 4.98 Å². The summed E-state index contributed by atoms with van der Waals surface area (Å²) in [7, 11) is 0. The minimum atomic E-state index is -0.641. The van der Waals surface area contributed by atoms with Gasteiger partial charge in [0, 0.05) is 12.6 Å². The normalized spacial score (nSPS) is 31.2. The Labute approximate surface area is 109 Å². The number of hydrogen-bond acceptors (Lipinski definition) is 3. The topological polar surface area (TPSA) is 59.1 Å². The molecule has 0 spiro atoms. The Morgan fingerprint density at radius 1 is 1.44 bits per heavy atom. The molecule has 1 aromatic heterocycles. The average Bonchev–Trinajstić information content (AvgIpc) is 2.17. The van der Waals surface area contributed by atoms with Crippen molar-refractivity contribution in [1.29, 1.82) is 0 Å². The van der Waals surface area contributed by atoms with Crippen LogP contribution in [0.4, 0.5) is 5.82 Å². The standard InChI is InChI=1S/C15H24N2O/c1-11-7-14(2,3)10-15(18,8-11)9-12-5-4-6-17-13(12)16/h4-6,11,18H,7-10H2,1-3H3,(H2,16,17). The summed E-state index contributed by atoms with van der Waals surface area (Å²) in [6.45, 7) is 6.69. The molecule has 3 heteroatoms. The van der Waals surface area contributed by atoms with Crippen LogP contribution in [0, 0.1) is 11.3 Å². The monoisotopic (exact) mass is 248 g/mol. The van der Waals surface area contributed by atoms with E-state index >= 15 is 0 Å². The fourth-order valence-electron chi connectivity index (χ4n) is 3.79. The van der Waals surface area contributed by atoms with Crippen molar-refractivity contribution in [3.63, 3.8) is 0 Å². The number of nitrogen functional groups attached to an aromatic ring is 1. The second kappa shape index (κ2) is 4.54. The van der Waals surface area contributed by atoms with Crippen molar-refractivity contribution < 1.29 is 5.11 Å². The van der Waals surface area contributed by atoms with Gasteiger partial charge < -0.3 is 10.8 Å².